The Morgan fingerprint density at radius 3 is 2.83 bits per heavy atom. The average molecular weight is 331 g/mol. The van der Waals surface area contributed by atoms with E-state index in [2.05, 4.69) is 27.3 Å². The topological polar surface area (TPSA) is 80.9 Å². The van der Waals surface area contributed by atoms with Crippen LogP contribution in [0.4, 0.5) is 11.8 Å². The summed E-state index contributed by atoms with van der Waals surface area (Å²) in [6.07, 6.45) is 3.47. The molecule has 1 N–H and O–H groups in total. The molecule has 0 bridgehead atoms. The van der Waals surface area contributed by atoms with E-state index in [4.69, 9.17) is 0 Å². The third-order valence-corrected chi connectivity index (χ3v) is 4.38. The minimum Gasteiger partial charge on any atom is -0.367 e. The molecule has 1 unspecified atom stereocenters. The van der Waals surface area contributed by atoms with E-state index in [1.54, 1.807) is 11.6 Å². The van der Waals surface area contributed by atoms with Crippen LogP contribution in [0.3, 0.4) is 0 Å². The van der Waals surface area contributed by atoms with Crippen molar-refractivity contribution in [2.75, 3.05) is 24.3 Å². The average Bonchev–Trinajstić information content (AvgIpc) is 2.72. The van der Waals surface area contributed by atoms with Gasteiger partial charge < -0.3 is 10.2 Å². The van der Waals surface area contributed by atoms with Gasteiger partial charge >= 0.3 is 5.69 Å². The van der Waals surface area contributed by atoms with E-state index in [1.807, 2.05) is 25.1 Å². The van der Waals surface area contributed by atoms with Crippen molar-refractivity contribution in [3.8, 4) is 0 Å². The number of nitrogens with one attached hydrogen (secondary N) is 1. The summed E-state index contributed by atoms with van der Waals surface area (Å²) >= 11 is 0. The van der Waals surface area contributed by atoms with Gasteiger partial charge in [0.2, 0.25) is 5.95 Å². The van der Waals surface area contributed by atoms with Crippen LogP contribution in [0.5, 0.6) is 0 Å². The lowest BCUT2D eigenvalue weighted by atomic mass is 10.1. The zero-order chi connectivity index (χ0) is 17.3. The van der Waals surface area contributed by atoms with Crippen molar-refractivity contribution >= 4 is 11.8 Å². The molecule has 8 nitrogen and oxygen atoms in total. The molecule has 2 aromatic rings. The van der Waals surface area contributed by atoms with Gasteiger partial charge in [0.25, 0.3) is 0 Å². The van der Waals surface area contributed by atoms with Gasteiger partial charge in [0.1, 0.15) is 11.6 Å². The molecule has 0 saturated carbocycles. The third-order valence-electron chi connectivity index (χ3n) is 4.38. The Morgan fingerprint density at radius 1 is 1.33 bits per heavy atom. The molecule has 0 aromatic carbocycles. The first-order chi connectivity index (χ1) is 11.5. The molecular formula is C16H25N7O. The number of anilines is 2. The van der Waals surface area contributed by atoms with Crippen LogP contribution in [-0.2, 0) is 26.4 Å². The number of hydrogen-bond donors (Lipinski definition) is 1. The SMILES string of the molecule is CCc1cc(NC2CCc3nn(C)c(=O)n3CC2)nc(N(C)C)n1. The molecule has 24 heavy (non-hydrogen) atoms. The highest BCUT2D eigenvalue weighted by atomic mass is 16.2. The summed E-state index contributed by atoms with van der Waals surface area (Å²) in [5.74, 6) is 2.44. The largest absolute Gasteiger partial charge is 0.367 e. The molecule has 3 heterocycles. The summed E-state index contributed by atoms with van der Waals surface area (Å²) in [5, 5.41) is 7.85. The Balaban J connectivity index is 1.75. The molecule has 1 aliphatic heterocycles. The van der Waals surface area contributed by atoms with Gasteiger partial charge in [0.15, 0.2) is 0 Å². The van der Waals surface area contributed by atoms with Crippen LogP contribution >= 0.6 is 0 Å². The van der Waals surface area contributed by atoms with Crippen molar-refractivity contribution < 1.29 is 0 Å². The maximum absolute atomic E-state index is 12.1. The third kappa shape index (κ3) is 3.27. The van der Waals surface area contributed by atoms with Crippen LogP contribution in [-0.4, -0.2) is 44.5 Å². The summed E-state index contributed by atoms with van der Waals surface area (Å²) in [4.78, 5) is 23.1. The van der Waals surface area contributed by atoms with Gasteiger partial charge in [-0.3, -0.25) is 4.57 Å². The van der Waals surface area contributed by atoms with E-state index >= 15 is 0 Å². The Morgan fingerprint density at radius 2 is 2.12 bits per heavy atom. The molecule has 8 heteroatoms. The van der Waals surface area contributed by atoms with Gasteiger partial charge in [-0.2, -0.15) is 10.1 Å². The summed E-state index contributed by atoms with van der Waals surface area (Å²) in [5.41, 5.74) is 0.988. The second-order valence-corrected chi connectivity index (χ2v) is 6.44. The van der Waals surface area contributed by atoms with Crippen LogP contribution in [0, 0.1) is 0 Å². The van der Waals surface area contributed by atoms with Crippen LogP contribution < -0.4 is 15.9 Å². The molecule has 0 fully saturated rings. The predicted octanol–water partition coefficient (Wildman–Crippen LogP) is 0.817. The van der Waals surface area contributed by atoms with Crippen molar-refractivity contribution in [1.29, 1.82) is 0 Å². The van der Waals surface area contributed by atoms with Crippen molar-refractivity contribution in [2.24, 2.45) is 7.05 Å². The smallest absolute Gasteiger partial charge is 0.345 e. The molecule has 1 atom stereocenters. The maximum Gasteiger partial charge on any atom is 0.345 e. The molecule has 0 saturated heterocycles. The Kier molecular flexibility index (Phi) is 4.55. The van der Waals surface area contributed by atoms with Crippen LogP contribution in [0.2, 0.25) is 0 Å². The molecular weight excluding hydrogens is 306 g/mol. The first kappa shape index (κ1) is 16.5. The number of aromatic nitrogens is 5. The van der Waals surface area contributed by atoms with Crippen LogP contribution in [0.25, 0.3) is 0 Å². The lowest BCUT2D eigenvalue weighted by Crippen LogP contribution is -2.26. The lowest BCUT2D eigenvalue weighted by Gasteiger charge is -2.19. The van der Waals surface area contributed by atoms with Gasteiger partial charge in [-0.05, 0) is 19.3 Å². The molecule has 2 aromatic heterocycles. The molecule has 1 aliphatic rings. The first-order valence-corrected chi connectivity index (χ1v) is 8.42. The van der Waals surface area contributed by atoms with Crippen molar-refractivity contribution in [1.82, 2.24) is 24.3 Å². The summed E-state index contributed by atoms with van der Waals surface area (Å²) in [6, 6.07) is 2.28. The highest BCUT2D eigenvalue weighted by molar-refractivity contribution is 5.44. The van der Waals surface area contributed by atoms with E-state index in [1.165, 1.54) is 4.68 Å². The Labute approximate surface area is 141 Å². The normalized spacial score (nSPS) is 17.2. The molecule has 0 aliphatic carbocycles. The predicted molar refractivity (Wildman–Crippen MR) is 93.6 cm³/mol. The van der Waals surface area contributed by atoms with E-state index in [0.29, 0.717) is 12.5 Å². The maximum atomic E-state index is 12.1. The second kappa shape index (κ2) is 6.62. The number of aryl methyl sites for hydroxylation is 3. The fourth-order valence-electron chi connectivity index (χ4n) is 2.99. The fraction of sp³-hybridized carbons (Fsp3) is 0.625. The van der Waals surface area contributed by atoms with Crippen LogP contribution in [0.15, 0.2) is 10.9 Å². The molecule has 0 amide bonds. The summed E-state index contributed by atoms with van der Waals surface area (Å²) < 4.78 is 3.20. The van der Waals surface area contributed by atoms with E-state index < -0.39 is 0 Å². The number of hydrogen-bond acceptors (Lipinski definition) is 6. The monoisotopic (exact) mass is 331 g/mol. The number of rotatable bonds is 4. The summed E-state index contributed by atoms with van der Waals surface area (Å²) in [6.45, 7) is 2.78. The standard InChI is InChI=1S/C16H25N7O/c1-5-11-10-13(19-15(18-11)21(2)3)17-12-6-7-14-20-22(4)16(24)23(14)9-8-12/h10,12H,5-9H2,1-4H3,(H,17,18,19). The molecule has 0 spiro atoms. The zero-order valence-electron chi connectivity index (χ0n) is 14.8. The van der Waals surface area contributed by atoms with Gasteiger partial charge in [-0.1, -0.05) is 6.92 Å². The number of nitrogens with zero attached hydrogens (tertiary/aromatic N) is 6. The van der Waals surface area contributed by atoms with Crippen molar-refractivity contribution in [2.45, 2.75) is 45.2 Å². The molecule has 3 rings (SSSR count). The van der Waals surface area contributed by atoms with E-state index in [0.717, 1.165) is 43.0 Å². The lowest BCUT2D eigenvalue weighted by molar-refractivity contribution is 0.560. The fourth-order valence-corrected chi connectivity index (χ4v) is 2.99. The molecule has 0 radical (unpaired) electrons. The summed E-state index contributed by atoms with van der Waals surface area (Å²) in [7, 11) is 5.59. The minimum atomic E-state index is -0.0316. The van der Waals surface area contributed by atoms with E-state index in [-0.39, 0.29) is 11.7 Å². The second-order valence-electron chi connectivity index (χ2n) is 6.44. The van der Waals surface area contributed by atoms with E-state index in [9.17, 15) is 4.79 Å². The van der Waals surface area contributed by atoms with Gasteiger partial charge in [-0.25, -0.2) is 14.5 Å². The quantitative estimate of drug-likeness (QED) is 0.893. The zero-order valence-corrected chi connectivity index (χ0v) is 14.8. The Hall–Kier alpha value is -2.38. The van der Waals surface area contributed by atoms with Crippen molar-refractivity contribution in [3.05, 3.63) is 28.1 Å². The number of fused-ring (bicyclic) bond motifs is 1. The highest BCUT2D eigenvalue weighted by Gasteiger charge is 2.20. The van der Waals surface area contributed by atoms with Gasteiger partial charge in [0.05, 0.1) is 0 Å². The molecule has 130 valence electrons. The van der Waals surface area contributed by atoms with Crippen LogP contribution in [0.1, 0.15) is 31.3 Å². The Bertz CT molecular complexity index is 777. The first-order valence-electron chi connectivity index (χ1n) is 8.42. The minimum absolute atomic E-state index is 0.0316. The van der Waals surface area contributed by atoms with Crippen molar-refractivity contribution in [3.63, 3.8) is 0 Å². The van der Waals surface area contributed by atoms with Gasteiger partial charge in [-0.15, -0.1) is 0 Å². The highest BCUT2D eigenvalue weighted by Crippen LogP contribution is 2.18. The van der Waals surface area contributed by atoms with Gasteiger partial charge in [0, 0.05) is 51.9 Å².